The number of thioether (sulfide) groups is 1. The van der Waals surface area contributed by atoms with Crippen LogP contribution in [0.3, 0.4) is 0 Å². The Morgan fingerprint density at radius 3 is 2.84 bits per heavy atom. The Bertz CT molecular complexity index is 421. The van der Waals surface area contributed by atoms with E-state index in [9.17, 15) is 0 Å². The van der Waals surface area contributed by atoms with Gasteiger partial charge in [-0.1, -0.05) is 0 Å². The van der Waals surface area contributed by atoms with Gasteiger partial charge in [0.05, 0.1) is 0 Å². The van der Waals surface area contributed by atoms with E-state index in [1.54, 1.807) is 0 Å². The van der Waals surface area contributed by atoms with E-state index in [2.05, 4.69) is 40.5 Å². The number of hydrazine groups is 1. The molecular formula is C13H23N5S. The number of nitrogens with two attached hydrogens (primary N) is 1. The molecule has 1 aliphatic rings. The maximum Gasteiger partial charge on any atom is 0.145 e. The van der Waals surface area contributed by atoms with Gasteiger partial charge < -0.3 is 10.3 Å². The van der Waals surface area contributed by atoms with Gasteiger partial charge in [0.15, 0.2) is 0 Å². The predicted molar refractivity (Wildman–Crippen MR) is 82.7 cm³/mol. The van der Waals surface area contributed by atoms with Crippen LogP contribution in [-0.4, -0.2) is 35.1 Å². The topological polar surface area (TPSA) is 67.1 Å². The average molecular weight is 281 g/mol. The van der Waals surface area contributed by atoms with Gasteiger partial charge in [-0.15, -0.1) is 0 Å². The van der Waals surface area contributed by atoms with Crippen molar-refractivity contribution in [3.05, 3.63) is 11.9 Å². The summed E-state index contributed by atoms with van der Waals surface area (Å²) in [6.07, 6.45) is 5.67. The highest BCUT2D eigenvalue weighted by Gasteiger charge is 2.28. The third kappa shape index (κ3) is 3.73. The van der Waals surface area contributed by atoms with Crippen LogP contribution >= 0.6 is 11.8 Å². The molecule has 1 saturated carbocycles. The quantitative estimate of drug-likeness (QED) is 0.590. The molecule has 1 aromatic heterocycles. The van der Waals surface area contributed by atoms with Gasteiger partial charge in [-0.2, -0.15) is 11.8 Å². The molecule has 0 radical (unpaired) electrons. The van der Waals surface area contributed by atoms with Crippen LogP contribution in [0.25, 0.3) is 0 Å². The second-order valence-corrected chi connectivity index (χ2v) is 6.12. The SMILES string of the molecule is CSCCC(C)N(C)c1cc(NN)nc(C2CC2)n1. The Morgan fingerprint density at radius 1 is 1.53 bits per heavy atom. The lowest BCUT2D eigenvalue weighted by Crippen LogP contribution is -2.30. The highest BCUT2D eigenvalue weighted by atomic mass is 32.2. The minimum Gasteiger partial charge on any atom is -0.357 e. The fourth-order valence-electron chi connectivity index (χ4n) is 1.94. The highest BCUT2D eigenvalue weighted by Crippen LogP contribution is 2.39. The summed E-state index contributed by atoms with van der Waals surface area (Å²) in [4.78, 5) is 11.3. The molecule has 1 aromatic rings. The number of nitrogens with one attached hydrogen (secondary N) is 1. The maximum atomic E-state index is 5.50. The van der Waals surface area contributed by atoms with Crippen LogP contribution in [0.4, 0.5) is 11.6 Å². The molecular weight excluding hydrogens is 258 g/mol. The third-order valence-electron chi connectivity index (χ3n) is 3.58. The normalized spacial score (nSPS) is 16.2. The summed E-state index contributed by atoms with van der Waals surface area (Å²) in [5.41, 5.74) is 2.65. The van der Waals surface area contributed by atoms with Gasteiger partial charge in [-0.3, -0.25) is 0 Å². The zero-order chi connectivity index (χ0) is 13.8. The van der Waals surface area contributed by atoms with Crippen LogP contribution in [0.2, 0.25) is 0 Å². The molecule has 0 bridgehead atoms. The molecule has 1 fully saturated rings. The minimum absolute atomic E-state index is 0.458. The van der Waals surface area contributed by atoms with Crippen molar-refractivity contribution in [2.75, 3.05) is 29.4 Å². The van der Waals surface area contributed by atoms with Crippen molar-refractivity contribution in [2.45, 2.75) is 38.1 Å². The zero-order valence-corrected chi connectivity index (χ0v) is 12.7. The van der Waals surface area contributed by atoms with Crippen molar-refractivity contribution in [3.8, 4) is 0 Å². The third-order valence-corrected chi connectivity index (χ3v) is 4.23. The Labute approximate surface area is 119 Å². The van der Waals surface area contributed by atoms with Gasteiger partial charge in [0.1, 0.15) is 17.5 Å². The molecule has 0 spiro atoms. The fraction of sp³-hybridized carbons (Fsp3) is 0.692. The van der Waals surface area contributed by atoms with Crippen LogP contribution < -0.4 is 16.2 Å². The van der Waals surface area contributed by atoms with Gasteiger partial charge in [-0.25, -0.2) is 15.8 Å². The second kappa shape index (κ2) is 6.43. The van der Waals surface area contributed by atoms with Crippen LogP contribution in [0, 0.1) is 0 Å². The molecule has 1 heterocycles. The van der Waals surface area contributed by atoms with Crippen molar-refractivity contribution in [2.24, 2.45) is 5.84 Å². The van der Waals surface area contributed by atoms with E-state index in [1.807, 2.05) is 17.8 Å². The standard InChI is InChI=1S/C13H23N5S/c1-9(6-7-19-3)18(2)12-8-11(17-14)15-13(16-12)10-4-5-10/h8-10H,4-7,14H2,1-3H3,(H,15,16,17). The molecule has 1 aliphatic carbocycles. The second-order valence-electron chi connectivity index (χ2n) is 5.13. The summed E-state index contributed by atoms with van der Waals surface area (Å²) in [7, 11) is 2.09. The molecule has 0 aromatic carbocycles. The Morgan fingerprint density at radius 2 is 2.26 bits per heavy atom. The summed E-state index contributed by atoms with van der Waals surface area (Å²) < 4.78 is 0. The summed E-state index contributed by atoms with van der Waals surface area (Å²) >= 11 is 1.88. The summed E-state index contributed by atoms with van der Waals surface area (Å²) in [6.45, 7) is 2.23. The minimum atomic E-state index is 0.458. The molecule has 5 nitrogen and oxygen atoms in total. The average Bonchev–Trinajstić information content (AvgIpc) is 3.27. The van der Waals surface area contributed by atoms with Crippen molar-refractivity contribution in [1.29, 1.82) is 0 Å². The van der Waals surface area contributed by atoms with E-state index in [-0.39, 0.29) is 0 Å². The van der Waals surface area contributed by atoms with Crippen molar-refractivity contribution in [1.82, 2.24) is 9.97 Å². The summed E-state index contributed by atoms with van der Waals surface area (Å²) in [5.74, 6) is 9.78. The van der Waals surface area contributed by atoms with Crippen LogP contribution in [0.1, 0.15) is 37.9 Å². The number of hydrogen-bond acceptors (Lipinski definition) is 6. The molecule has 106 valence electrons. The van der Waals surface area contributed by atoms with Crippen LogP contribution in [-0.2, 0) is 0 Å². The number of aromatic nitrogens is 2. The van der Waals surface area contributed by atoms with E-state index in [1.165, 1.54) is 12.8 Å². The first-order chi connectivity index (χ1) is 9.15. The van der Waals surface area contributed by atoms with Gasteiger partial charge >= 0.3 is 0 Å². The Hall–Kier alpha value is -1.01. The molecule has 1 unspecified atom stereocenters. The molecule has 0 saturated heterocycles. The molecule has 3 N–H and O–H groups in total. The first kappa shape index (κ1) is 14.4. The molecule has 0 aliphatic heterocycles. The summed E-state index contributed by atoms with van der Waals surface area (Å²) in [6, 6.07) is 2.38. The Balaban J connectivity index is 2.15. The van der Waals surface area contributed by atoms with Gasteiger partial charge in [0.25, 0.3) is 0 Å². The van der Waals surface area contributed by atoms with E-state index in [0.717, 1.165) is 23.8 Å². The number of hydrogen-bond donors (Lipinski definition) is 2. The van der Waals surface area contributed by atoms with Crippen molar-refractivity contribution in [3.63, 3.8) is 0 Å². The van der Waals surface area contributed by atoms with Crippen molar-refractivity contribution >= 4 is 23.4 Å². The van der Waals surface area contributed by atoms with Crippen LogP contribution in [0.15, 0.2) is 6.07 Å². The molecule has 6 heteroatoms. The van der Waals surface area contributed by atoms with Crippen LogP contribution in [0.5, 0.6) is 0 Å². The number of rotatable bonds is 7. The van der Waals surface area contributed by atoms with Crippen molar-refractivity contribution < 1.29 is 0 Å². The smallest absolute Gasteiger partial charge is 0.145 e. The van der Waals surface area contributed by atoms with E-state index in [0.29, 0.717) is 17.8 Å². The van der Waals surface area contributed by atoms with E-state index < -0.39 is 0 Å². The first-order valence-corrected chi connectivity index (χ1v) is 8.12. The molecule has 2 rings (SSSR count). The lowest BCUT2D eigenvalue weighted by Gasteiger charge is -2.26. The number of anilines is 2. The van der Waals surface area contributed by atoms with Gasteiger partial charge in [0, 0.05) is 25.1 Å². The monoisotopic (exact) mass is 281 g/mol. The highest BCUT2D eigenvalue weighted by molar-refractivity contribution is 7.98. The lowest BCUT2D eigenvalue weighted by atomic mass is 10.2. The lowest BCUT2D eigenvalue weighted by molar-refractivity contribution is 0.659. The molecule has 1 atom stereocenters. The van der Waals surface area contributed by atoms with E-state index >= 15 is 0 Å². The fourth-order valence-corrected chi connectivity index (χ4v) is 2.52. The molecule has 0 amide bonds. The van der Waals surface area contributed by atoms with E-state index in [4.69, 9.17) is 5.84 Å². The van der Waals surface area contributed by atoms with Gasteiger partial charge in [-0.05, 0) is 38.2 Å². The van der Waals surface area contributed by atoms with Gasteiger partial charge in [0.2, 0.25) is 0 Å². The predicted octanol–water partition coefficient (Wildman–Crippen LogP) is 2.22. The largest absolute Gasteiger partial charge is 0.357 e. The maximum absolute atomic E-state index is 5.50. The number of nitrogen functional groups attached to an aromatic ring is 1. The summed E-state index contributed by atoms with van der Waals surface area (Å²) in [5, 5.41) is 0. The first-order valence-electron chi connectivity index (χ1n) is 6.73. The zero-order valence-electron chi connectivity index (χ0n) is 11.9. The molecule has 19 heavy (non-hydrogen) atoms. The number of nitrogens with zero attached hydrogens (tertiary/aromatic N) is 3. The Kier molecular flexibility index (Phi) is 4.87.